The summed E-state index contributed by atoms with van der Waals surface area (Å²) in [6, 6.07) is 6.34. The van der Waals surface area contributed by atoms with Crippen molar-refractivity contribution < 1.29 is 19.8 Å². The number of benzene rings is 1. The molecule has 0 saturated heterocycles. The zero-order valence-corrected chi connectivity index (χ0v) is 8.75. The first-order chi connectivity index (χ1) is 8.08. The van der Waals surface area contributed by atoms with Crippen LogP contribution in [0.15, 0.2) is 24.3 Å². The minimum absolute atomic E-state index is 0.170. The van der Waals surface area contributed by atoms with Crippen molar-refractivity contribution in [3.63, 3.8) is 0 Å². The van der Waals surface area contributed by atoms with Crippen molar-refractivity contribution in [3.05, 3.63) is 35.4 Å². The SMILES string of the molecule is N#Cc1cccc(C(=O)N[C@H](CO)C(=O)O)c1. The molecule has 0 unspecified atom stereocenters. The van der Waals surface area contributed by atoms with Crippen molar-refractivity contribution in [2.24, 2.45) is 0 Å². The van der Waals surface area contributed by atoms with Crippen LogP contribution < -0.4 is 5.32 Å². The Morgan fingerprint density at radius 2 is 2.18 bits per heavy atom. The Hall–Kier alpha value is -2.39. The Balaban J connectivity index is 2.83. The molecule has 1 atom stereocenters. The molecule has 1 rings (SSSR count). The summed E-state index contributed by atoms with van der Waals surface area (Å²) in [5, 5.41) is 28.2. The number of aliphatic hydroxyl groups excluding tert-OH is 1. The van der Waals surface area contributed by atoms with Gasteiger partial charge in [-0.2, -0.15) is 5.26 Å². The van der Waals surface area contributed by atoms with Crippen molar-refractivity contribution in [1.29, 1.82) is 5.26 Å². The number of nitriles is 1. The average molecular weight is 234 g/mol. The van der Waals surface area contributed by atoms with E-state index in [0.29, 0.717) is 5.56 Å². The predicted octanol–water partition coefficient (Wildman–Crippen LogP) is -0.266. The second kappa shape index (κ2) is 5.63. The van der Waals surface area contributed by atoms with Gasteiger partial charge in [0.15, 0.2) is 6.04 Å². The van der Waals surface area contributed by atoms with Gasteiger partial charge in [-0.05, 0) is 18.2 Å². The van der Waals surface area contributed by atoms with E-state index in [1.165, 1.54) is 24.3 Å². The lowest BCUT2D eigenvalue weighted by molar-refractivity contribution is -0.140. The third-order valence-electron chi connectivity index (χ3n) is 2.04. The maximum absolute atomic E-state index is 11.6. The van der Waals surface area contributed by atoms with Gasteiger partial charge in [0.2, 0.25) is 0 Å². The molecular weight excluding hydrogens is 224 g/mol. The second-order valence-corrected chi connectivity index (χ2v) is 3.24. The summed E-state index contributed by atoms with van der Waals surface area (Å²) in [7, 11) is 0. The first-order valence-electron chi connectivity index (χ1n) is 4.73. The van der Waals surface area contributed by atoms with E-state index >= 15 is 0 Å². The molecule has 0 aliphatic rings. The van der Waals surface area contributed by atoms with Gasteiger partial charge in [0.25, 0.3) is 5.91 Å². The highest BCUT2D eigenvalue weighted by Gasteiger charge is 2.19. The number of amides is 1. The number of aliphatic hydroxyl groups is 1. The fraction of sp³-hybridized carbons (Fsp3) is 0.182. The van der Waals surface area contributed by atoms with Gasteiger partial charge < -0.3 is 15.5 Å². The van der Waals surface area contributed by atoms with Crippen LogP contribution in [0.5, 0.6) is 0 Å². The van der Waals surface area contributed by atoms with Crippen molar-refractivity contribution in [3.8, 4) is 6.07 Å². The summed E-state index contributed by atoms with van der Waals surface area (Å²) in [4.78, 5) is 22.2. The highest BCUT2D eigenvalue weighted by Crippen LogP contribution is 2.04. The number of carboxylic acids is 1. The normalized spacial score (nSPS) is 11.3. The Labute approximate surface area is 97.1 Å². The maximum atomic E-state index is 11.6. The summed E-state index contributed by atoms with van der Waals surface area (Å²) < 4.78 is 0. The van der Waals surface area contributed by atoms with Crippen molar-refractivity contribution >= 4 is 11.9 Å². The number of carbonyl (C=O) groups is 2. The topological polar surface area (TPSA) is 110 Å². The molecule has 0 aliphatic heterocycles. The third kappa shape index (κ3) is 3.29. The predicted molar refractivity (Wildman–Crippen MR) is 57.1 cm³/mol. The lowest BCUT2D eigenvalue weighted by Crippen LogP contribution is -2.43. The van der Waals surface area contributed by atoms with Gasteiger partial charge in [-0.3, -0.25) is 4.79 Å². The molecule has 6 heteroatoms. The standard InChI is InChI=1S/C11H10N2O4/c12-5-7-2-1-3-8(4-7)10(15)13-9(6-14)11(16)17/h1-4,9,14H,6H2,(H,13,15)(H,16,17)/t9-/m1/s1. The van der Waals surface area contributed by atoms with E-state index in [0.717, 1.165) is 0 Å². The summed E-state index contributed by atoms with van der Waals surface area (Å²) in [6.07, 6.45) is 0. The Morgan fingerprint density at radius 1 is 1.47 bits per heavy atom. The van der Waals surface area contributed by atoms with Gasteiger partial charge >= 0.3 is 5.97 Å². The molecule has 0 aromatic heterocycles. The fourth-order valence-electron chi connectivity index (χ4n) is 1.16. The van der Waals surface area contributed by atoms with E-state index < -0.39 is 24.5 Å². The number of hydrogen-bond acceptors (Lipinski definition) is 4. The van der Waals surface area contributed by atoms with Crippen molar-refractivity contribution in [1.82, 2.24) is 5.32 Å². The van der Waals surface area contributed by atoms with E-state index in [1.54, 1.807) is 0 Å². The molecule has 0 heterocycles. The van der Waals surface area contributed by atoms with Crippen molar-refractivity contribution in [2.45, 2.75) is 6.04 Å². The molecule has 0 fully saturated rings. The number of carboxylic acid groups (broad SMARTS) is 1. The summed E-state index contributed by atoms with van der Waals surface area (Å²) >= 11 is 0. The van der Waals surface area contributed by atoms with Crippen LogP contribution in [-0.2, 0) is 4.79 Å². The van der Waals surface area contributed by atoms with E-state index in [9.17, 15) is 9.59 Å². The number of aliphatic carboxylic acids is 1. The average Bonchev–Trinajstić information content (AvgIpc) is 2.35. The molecule has 0 saturated carbocycles. The van der Waals surface area contributed by atoms with E-state index in [1.807, 2.05) is 6.07 Å². The zero-order chi connectivity index (χ0) is 12.8. The molecule has 1 amide bonds. The number of hydrogen-bond donors (Lipinski definition) is 3. The van der Waals surface area contributed by atoms with Crippen molar-refractivity contribution in [2.75, 3.05) is 6.61 Å². The van der Waals surface area contributed by atoms with Gasteiger partial charge in [-0.15, -0.1) is 0 Å². The largest absolute Gasteiger partial charge is 0.480 e. The minimum atomic E-state index is -1.35. The van der Waals surface area contributed by atoms with Gasteiger partial charge in [0.1, 0.15) is 0 Å². The molecule has 0 bridgehead atoms. The van der Waals surface area contributed by atoms with Crippen LogP contribution in [0.1, 0.15) is 15.9 Å². The quantitative estimate of drug-likeness (QED) is 0.664. The Morgan fingerprint density at radius 3 is 2.71 bits per heavy atom. The van der Waals surface area contributed by atoms with Crippen LogP contribution in [0, 0.1) is 11.3 Å². The zero-order valence-electron chi connectivity index (χ0n) is 8.75. The molecule has 3 N–H and O–H groups in total. The molecule has 0 spiro atoms. The fourth-order valence-corrected chi connectivity index (χ4v) is 1.16. The van der Waals surface area contributed by atoms with Crippen LogP contribution in [-0.4, -0.2) is 34.7 Å². The molecule has 6 nitrogen and oxygen atoms in total. The van der Waals surface area contributed by atoms with Crippen LogP contribution >= 0.6 is 0 Å². The third-order valence-corrected chi connectivity index (χ3v) is 2.04. The molecule has 0 aliphatic carbocycles. The highest BCUT2D eigenvalue weighted by atomic mass is 16.4. The molecule has 1 aromatic rings. The first kappa shape index (κ1) is 12.7. The number of rotatable bonds is 4. The Kier molecular flexibility index (Phi) is 4.20. The maximum Gasteiger partial charge on any atom is 0.328 e. The lowest BCUT2D eigenvalue weighted by Gasteiger charge is -2.11. The number of carbonyl (C=O) groups excluding carboxylic acids is 1. The molecule has 0 radical (unpaired) electrons. The second-order valence-electron chi connectivity index (χ2n) is 3.24. The van der Waals surface area contributed by atoms with Gasteiger partial charge in [0.05, 0.1) is 18.2 Å². The van der Waals surface area contributed by atoms with E-state index in [-0.39, 0.29) is 5.56 Å². The summed E-state index contributed by atoms with van der Waals surface area (Å²) in [5.41, 5.74) is 0.470. The van der Waals surface area contributed by atoms with Gasteiger partial charge in [0, 0.05) is 5.56 Å². The molecule has 88 valence electrons. The number of nitrogens with one attached hydrogen (secondary N) is 1. The monoisotopic (exact) mass is 234 g/mol. The Bertz CT molecular complexity index is 479. The minimum Gasteiger partial charge on any atom is -0.480 e. The lowest BCUT2D eigenvalue weighted by atomic mass is 10.1. The van der Waals surface area contributed by atoms with Gasteiger partial charge in [-0.25, -0.2) is 4.79 Å². The summed E-state index contributed by atoms with van der Waals surface area (Å²) in [6.45, 7) is -0.695. The first-order valence-corrected chi connectivity index (χ1v) is 4.73. The molecular formula is C11H10N2O4. The number of nitrogens with zero attached hydrogens (tertiary/aromatic N) is 1. The van der Waals surface area contributed by atoms with Crippen LogP contribution in [0.3, 0.4) is 0 Å². The van der Waals surface area contributed by atoms with E-state index in [2.05, 4.69) is 5.32 Å². The van der Waals surface area contributed by atoms with Gasteiger partial charge in [-0.1, -0.05) is 6.07 Å². The van der Waals surface area contributed by atoms with Crippen LogP contribution in [0.4, 0.5) is 0 Å². The summed E-state index contributed by atoms with van der Waals surface area (Å²) in [5.74, 6) is -1.97. The van der Waals surface area contributed by atoms with Crippen LogP contribution in [0.25, 0.3) is 0 Å². The van der Waals surface area contributed by atoms with Crippen LogP contribution in [0.2, 0.25) is 0 Å². The molecule has 1 aromatic carbocycles. The highest BCUT2D eigenvalue weighted by molar-refractivity contribution is 5.96. The molecule has 17 heavy (non-hydrogen) atoms. The smallest absolute Gasteiger partial charge is 0.328 e. The van der Waals surface area contributed by atoms with E-state index in [4.69, 9.17) is 15.5 Å².